The first-order valence-corrected chi connectivity index (χ1v) is 7.52. The maximum Gasteiger partial charge on any atom is 0.134 e. The Labute approximate surface area is 115 Å². The fourth-order valence-electron chi connectivity index (χ4n) is 1.37. The molecule has 1 heterocycles. The molecule has 0 spiro atoms. The lowest BCUT2D eigenvalue weighted by molar-refractivity contribution is 0.475. The Morgan fingerprint density at radius 2 is 2.11 bits per heavy atom. The molecule has 0 radical (unpaired) electrons. The Morgan fingerprint density at radius 1 is 1.33 bits per heavy atom. The molecular weight excluding hydrogens is 266 g/mol. The first-order valence-electron chi connectivity index (χ1n) is 5.76. The van der Waals surface area contributed by atoms with Crippen LogP contribution in [0.5, 0.6) is 5.75 Å². The summed E-state index contributed by atoms with van der Waals surface area (Å²) in [5.41, 5.74) is 0.992. The molecule has 0 fully saturated rings. The Balaban J connectivity index is 1.93. The monoisotopic (exact) mass is 281 g/mol. The second-order valence-electron chi connectivity index (χ2n) is 3.76. The number of phenols is 1. The third kappa shape index (κ3) is 3.61. The maximum absolute atomic E-state index is 9.21. The zero-order valence-corrected chi connectivity index (χ0v) is 11.7. The molecule has 0 saturated carbocycles. The molecule has 0 amide bonds. The molecule has 2 rings (SSSR count). The molecule has 96 valence electrons. The van der Waals surface area contributed by atoms with Crippen LogP contribution in [0.15, 0.2) is 29.2 Å². The number of aromatic nitrogens is 2. The number of rotatable bonds is 6. The summed E-state index contributed by atoms with van der Waals surface area (Å²) in [5.74, 6) is 1.08. The van der Waals surface area contributed by atoms with Crippen LogP contribution < -0.4 is 5.32 Å². The van der Waals surface area contributed by atoms with Crippen molar-refractivity contribution in [2.24, 2.45) is 0 Å². The molecule has 0 unspecified atom stereocenters. The predicted molar refractivity (Wildman–Crippen MR) is 76.4 cm³/mol. The average molecular weight is 281 g/mol. The van der Waals surface area contributed by atoms with Crippen molar-refractivity contribution in [3.05, 3.63) is 30.0 Å². The van der Waals surface area contributed by atoms with Crippen LogP contribution in [0.1, 0.15) is 19.0 Å². The van der Waals surface area contributed by atoms with E-state index in [1.165, 1.54) is 11.5 Å². The molecule has 6 heteroatoms. The van der Waals surface area contributed by atoms with Crippen molar-refractivity contribution in [2.45, 2.75) is 24.0 Å². The zero-order valence-electron chi connectivity index (χ0n) is 10.1. The van der Waals surface area contributed by atoms with Crippen LogP contribution in [0, 0.1) is 0 Å². The van der Waals surface area contributed by atoms with E-state index in [0.717, 1.165) is 34.3 Å². The molecule has 0 saturated heterocycles. The van der Waals surface area contributed by atoms with Crippen LogP contribution in [0.2, 0.25) is 0 Å². The SMILES string of the molecule is CCCNc1snnc1CSc1ccc(O)cc1. The summed E-state index contributed by atoms with van der Waals surface area (Å²) in [7, 11) is 0. The van der Waals surface area contributed by atoms with Crippen molar-refractivity contribution in [1.82, 2.24) is 9.59 Å². The van der Waals surface area contributed by atoms with E-state index >= 15 is 0 Å². The Hall–Kier alpha value is -1.27. The Kier molecular flexibility index (Phi) is 4.83. The molecule has 0 aliphatic carbocycles. The van der Waals surface area contributed by atoms with E-state index in [9.17, 15) is 5.11 Å². The highest BCUT2D eigenvalue weighted by Crippen LogP contribution is 2.28. The molecule has 0 bridgehead atoms. The summed E-state index contributed by atoms with van der Waals surface area (Å²) in [6, 6.07) is 7.19. The van der Waals surface area contributed by atoms with Gasteiger partial charge < -0.3 is 10.4 Å². The summed E-state index contributed by atoms with van der Waals surface area (Å²) >= 11 is 3.09. The van der Waals surface area contributed by atoms with E-state index in [-0.39, 0.29) is 0 Å². The summed E-state index contributed by atoms with van der Waals surface area (Å²) < 4.78 is 3.98. The second kappa shape index (κ2) is 6.61. The predicted octanol–water partition coefficient (Wildman–Crippen LogP) is 3.36. The first kappa shape index (κ1) is 13.2. The quantitative estimate of drug-likeness (QED) is 0.795. The number of nitrogens with zero attached hydrogens (tertiary/aromatic N) is 2. The largest absolute Gasteiger partial charge is 0.508 e. The highest BCUT2D eigenvalue weighted by atomic mass is 32.2. The Bertz CT molecular complexity index is 484. The van der Waals surface area contributed by atoms with Gasteiger partial charge in [-0.2, -0.15) is 0 Å². The second-order valence-corrected chi connectivity index (χ2v) is 5.56. The van der Waals surface area contributed by atoms with Gasteiger partial charge in [0.15, 0.2) is 0 Å². The number of thioether (sulfide) groups is 1. The van der Waals surface area contributed by atoms with Crippen LogP contribution in [-0.4, -0.2) is 21.2 Å². The summed E-state index contributed by atoms with van der Waals surface area (Å²) in [6.07, 6.45) is 1.09. The van der Waals surface area contributed by atoms with Gasteiger partial charge in [-0.25, -0.2) is 0 Å². The van der Waals surface area contributed by atoms with E-state index in [2.05, 4.69) is 21.8 Å². The first-order chi connectivity index (χ1) is 8.79. The normalized spacial score (nSPS) is 10.5. The summed E-state index contributed by atoms with van der Waals surface area (Å²) in [6.45, 7) is 3.08. The van der Waals surface area contributed by atoms with Crippen molar-refractivity contribution in [1.29, 1.82) is 0 Å². The van der Waals surface area contributed by atoms with Gasteiger partial charge in [0.2, 0.25) is 0 Å². The van der Waals surface area contributed by atoms with Crippen LogP contribution in [0.3, 0.4) is 0 Å². The lowest BCUT2D eigenvalue weighted by Crippen LogP contribution is -2.00. The van der Waals surface area contributed by atoms with Gasteiger partial charge in [-0.3, -0.25) is 0 Å². The molecule has 1 aromatic carbocycles. The number of aromatic hydroxyl groups is 1. The molecular formula is C12H15N3OS2. The highest BCUT2D eigenvalue weighted by Gasteiger charge is 2.07. The molecule has 18 heavy (non-hydrogen) atoms. The van der Waals surface area contributed by atoms with E-state index in [4.69, 9.17) is 0 Å². The minimum absolute atomic E-state index is 0.292. The van der Waals surface area contributed by atoms with Crippen molar-refractivity contribution in [3.8, 4) is 5.75 Å². The van der Waals surface area contributed by atoms with Gasteiger partial charge in [0.25, 0.3) is 0 Å². The number of hydrogen-bond acceptors (Lipinski definition) is 6. The number of anilines is 1. The van der Waals surface area contributed by atoms with E-state index in [0.29, 0.717) is 5.75 Å². The van der Waals surface area contributed by atoms with Crippen LogP contribution in [-0.2, 0) is 5.75 Å². The molecule has 0 aliphatic heterocycles. The van der Waals surface area contributed by atoms with Gasteiger partial charge in [-0.15, -0.1) is 16.9 Å². The minimum atomic E-state index is 0.292. The van der Waals surface area contributed by atoms with Crippen molar-refractivity contribution < 1.29 is 5.11 Å². The van der Waals surface area contributed by atoms with Gasteiger partial charge in [-0.05, 0) is 30.7 Å². The topological polar surface area (TPSA) is 58.0 Å². The van der Waals surface area contributed by atoms with Crippen LogP contribution in [0.4, 0.5) is 5.00 Å². The number of phenolic OH excluding ortho intramolecular Hbond substituents is 1. The van der Waals surface area contributed by atoms with E-state index in [1.54, 1.807) is 23.9 Å². The van der Waals surface area contributed by atoms with Crippen LogP contribution in [0.25, 0.3) is 0 Å². The molecule has 0 atom stereocenters. The number of hydrogen-bond donors (Lipinski definition) is 2. The molecule has 2 aromatic rings. The standard InChI is InChI=1S/C12H15N3OS2/c1-2-7-13-12-11(14-15-18-12)8-17-10-5-3-9(16)4-6-10/h3-6,13,16H,2,7-8H2,1H3. The van der Waals surface area contributed by atoms with E-state index < -0.39 is 0 Å². The third-order valence-electron chi connectivity index (χ3n) is 2.30. The van der Waals surface area contributed by atoms with E-state index in [1.807, 2.05) is 12.1 Å². The maximum atomic E-state index is 9.21. The minimum Gasteiger partial charge on any atom is -0.508 e. The van der Waals surface area contributed by atoms with Crippen molar-refractivity contribution in [3.63, 3.8) is 0 Å². The molecule has 4 nitrogen and oxygen atoms in total. The smallest absolute Gasteiger partial charge is 0.134 e. The Morgan fingerprint density at radius 3 is 2.83 bits per heavy atom. The highest BCUT2D eigenvalue weighted by molar-refractivity contribution is 7.98. The lowest BCUT2D eigenvalue weighted by Gasteiger charge is -2.03. The van der Waals surface area contributed by atoms with Gasteiger partial charge in [0.05, 0.1) is 0 Å². The average Bonchev–Trinajstić information content (AvgIpc) is 2.83. The van der Waals surface area contributed by atoms with Gasteiger partial charge in [-0.1, -0.05) is 11.4 Å². The summed E-state index contributed by atoms with van der Waals surface area (Å²) in [5, 5.41) is 17.7. The fraction of sp³-hybridized carbons (Fsp3) is 0.333. The van der Waals surface area contributed by atoms with Crippen LogP contribution >= 0.6 is 23.3 Å². The fourth-order valence-corrected chi connectivity index (χ4v) is 2.90. The zero-order chi connectivity index (χ0) is 12.8. The van der Waals surface area contributed by atoms with Gasteiger partial charge >= 0.3 is 0 Å². The lowest BCUT2D eigenvalue weighted by atomic mass is 10.3. The molecule has 0 aliphatic rings. The van der Waals surface area contributed by atoms with Crippen molar-refractivity contribution >= 4 is 28.3 Å². The number of nitrogens with one attached hydrogen (secondary N) is 1. The third-order valence-corrected chi connectivity index (χ3v) is 4.05. The molecule has 1 aromatic heterocycles. The molecule has 2 N–H and O–H groups in total. The number of benzene rings is 1. The van der Waals surface area contributed by atoms with Crippen molar-refractivity contribution in [2.75, 3.05) is 11.9 Å². The van der Waals surface area contributed by atoms with Gasteiger partial charge in [0.1, 0.15) is 16.4 Å². The summed E-state index contributed by atoms with van der Waals surface area (Å²) in [4.78, 5) is 1.11. The van der Waals surface area contributed by atoms with Gasteiger partial charge in [0, 0.05) is 28.7 Å².